The van der Waals surface area contributed by atoms with Crippen molar-refractivity contribution in [1.29, 1.82) is 0 Å². The minimum Gasteiger partial charge on any atom is -0.0616 e. The Hall–Kier alpha value is -0.820. The molecular weight excluding hydrogens is 248 g/mol. The second-order valence-corrected chi connectivity index (χ2v) is 5.10. The van der Waals surface area contributed by atoms with Crippen LogP contribution >= 0.6 is 15.9 Å². The Kier molecular flexibility index (Phi) is 2.28. The van der Waals surface area contributed by atoms with Gasteiger partial charge in [-0.2, -0.15) is 0 Å². The summed E-state index contributed by atoms with van der Waals surface area (Å²) in [6, 6.07) is 11.0. The van der Waals surface area contributed by atoms with E-state index in [9.17, 15) is 0 Å². The summed E-state index contributed by atoms with van der Waals surface area (Å²) in [6.07, 6.45) is 5.16. The molecule has 1 heteroatoms. The molecule has 0 bridgehead atoms. The summed E-state index contributed by atoms with van der Waals surface area (Å²) >= 11 is 3.70. The minimum atomic E-state index is 1.24. The molecule has 0 atom stereocenters. The molecule has 1 aliphatic carbocycles. The Labute approximate surface area is 98.4 Å². The van der Waals surface area contributed by atoms with Gasteiger partial charge >= 0.3 is 0 Å². The smallest absolute Gasteiger partial charge is 0.0216 e. The van der Waals surface area contributed by atoms with E-state index in [-0.39, 0.29) is 0 Å². The van der Waals surface area contributed by atoms with E-state index in [1.807, 2.05) is 0 Å². The van der Waals surface area contributed by atoms with Crippen LogP contribution in [0.5, 0.6) is 0 Å². The average molecular weight is 261 g/mol. The SMILES string of the molecule is Brc1cc2ccccc2c2c1CCCC2. The van der Waals surface area contributed by atoms with Crippen molar-refractivity contribution in [2.45, 2.75) is 25.7 Å². The molecule has 3 rings (SSSR count). The lowest BCUT2D eigenvalue weighted by molar-refractivity contribution is 0.688. The normalized spacial score (nSPS) is 15.3. The highest BCUT2D eigenvalue weighted by molar-refractivity contribution is 9.10. The lowest BCUT2D eigenvalue weighted by atomic mass is 9.88. The van der Waals surface area contributed by atoms with Crippen LogP contribution in [0.25, 0.3) is 10.8 Å². The quantitative estimate of drug-likeness (QED) is 0.655. The van der Waals surface area contributed by atoms with Gasteiger partial charge in [0, 0.05) is 4.47 Å². The molecule has 0 amide bonds. The minimum absolute atomic E-state index is 1.24. The molecule has 0 unspecified atom stereocenters. The van der Waals surface area contributed by atoms with Gasteiger partial charge in [-0.15, -0.1) is 0 Å². The van der Waals surface area contributed by atoms with Crippen LogP contribution in [0.4, 0.5) is 0 Å². The fraction of sp³-hybridized carbons (Fsp3) is 0.286. The van der Waals surface area contributed by atoms with E-state index in [1.54, 1.807) is 11.1 Å². The van der Waals surface area contributed by atoms with Crippen LogP contribution < -0.4 is 0 Å². The number of halogens is 1. The fourth-order valence-corrected chi connectivity index (χ4v) is 3.27. The molecule has 0 saturated carbocycles. The third-order valence-electron chi connectivity index (χ3n) is 3.32. The van der Waals surface area contributed by atoms with Crippen molar-refractivity contribution in [1.82, 2.24) is 0 Å². The first-order valence-corrected chi connectivity index (χ1v) is 6.34. The Bertz CT molecular complexity index is 514. The number of hydrogen-bond donors (Lipinski definition) is 0. The van der Waals surface area contributed by atoms with Crippen molar-refractivity contribution in [3.8, 4) is 0 Å². The lowest BCUT2D eigenvalue weighted by Crippen LogP contribution is -2.04. The van der Waals surface area contributed by atoms with Gasteiger partial charge in [-0.05, 0) is 53.6 Å². The summed E-state index contributed by atoms with van der Waals surface area (Å²) < 4.78 is 1.30. The van der Waals surface area contributed by atoms with Crippen LogP contribution in [0.3, 0.4) is 0 Å². The van der Waals surface area contributed by atoms with Crippen LogP contribution in [0.2, 0.25) is 0 Å². The highest BCUT2D eigenvalue weighted by atomic mass is 79.9. The van der Waals surface area contributed by atoms with Crippen molar-refractivity contribution < 1.29 is 0 Å². The molecule has 0 N–H and O–H groups in total. The van der Waals surface area contributed by atoms with Crippen LogP contribution in [-0.4, -0.2) is 0 Å². The molecular formula is C14H13Br. The van der Waals surface area contributed by atoms with E-state index in [2.05, 4.69) is 46.3 Å². The number of rotatable bonds is 0. The highest BCUT2D eigenvalue weighted by Crippen LogP contribution is 2.34. The summed E-state index contributed by atoms with van der Waals surface area (Å²) in [4.78, 5) is 0. The van der Waals surface area contributed by atoms with Crippen molar-refractivity contribution in [2.75, 3.05) is 0 Å². The first kappa shape index (κ1) is 9.41. The Morgan fingerprint density at radius 3 is 2.53 bits per heavy atom. The Morgan fingerprint density at radius 2 is 1.67 bits per heavy atom. The molecule has 0 aromatic heterocycles. The van der Waals surface area contributed by atoms with Gasteiger partial charge in [0.1, 0.15) is 0 Å². The van der Waals surface area contributed by atoms with Crippen LogP contribution in [0.1, 0.15) is 24.0 Å². The molecule has 2 aromatic rings. The van der Waals surface area contributed by atoms with Crippen molar-refractivity contribution in [3.63, 3.8) is 0 Å². The molecule has 0 radical (unpaired) electrons. The zero-order chi connectivity index (χ0) is 10.3. The number of aryl methyl sites for hydroxylation is 1. The summed E-state index contributed by atoms with van der Waals surface area (Å²) in [5.41, 5.74) is 3.12. The summed E-state index contributed by atoms with van der Waals surface area (Å²) in [6.45, 7) is 0. The second kappa shape index (κ2) is 3.64. The first-order valence-electron chi connectivity index (χ1n) is 5.55. The van der Waals surface area contributed by atoms with Crippen LogP contribution in [-0.2, 0) is 12.8 Å². The molecule has 15 heavy (non-hydrogen) atoms. The van der Waals surface area contributed by atoms with Gasteiger partial charge in [-0.3, -0.25) is 0 Å². The third-order valence-corrected chi connectivity index (χ3v) is 4.03. The average Bonchev–Trinajstić information content (AvgIpc) is 2.30. The molecule has 76 valence electrons. The van der Waals surface area contributed by atoms with Crippen molar-refractivity contribution in [3.05, 3.63) is 45.9 Å². The van der Waals surface area contributed by atoms with E-state index in [1.165, 1.54) is 40.9 Å². The maximum Gasteiger partial charge on any atom is 0.0216 e. The topological polar surface area (TPSA) is 0 Å². The Morgan fingerprint density at radius 1 is 0.933 bits per heavy atom. The van der Waals surface area contributed by atoms with Gasteiger partial charge in [-0.1, -0.05) is 40.2 Å². The summed E-state index contributed by atoms with van der Waals surface area (Å²) in [5, 5.41) is 2.82. The van der Waals surface area contributed by atoms with Gasteiger partial charge in [-0.25, -0.2) is 0 Å². The van der Waals surface area contributed by atoms with Gasteiger partial charge in [0.05, 0.1) is 0 Å². The summed E-state index contributed by atoms with van der Waals surface area (Å²) in [7, 11) is 0. The zero-order valence-corrected chi connectivity index (χ0v) is 10.2. The largest absolute Gasteiger partial charge is 0.0616 e. The number of hydrogen-bond acceptors (Lipinski definition) is 0. The van der Waals surface area contributed by atoms with Gasteiger partial charge in [0.25, 0.3) is 0 Å². The molecule has 0 fully saturated rings. The van der Waals surface area contributed by atoms with Crippen LogP contribution in [0, 0.1) is 0 Å². The van der Waals surface area contributed by atoms with E-state index < -0.39 is 0 Å². The summed E-state index contributed by atoms with van der Waals surface area (Å²) in [5.74, 6) is 0. The van der Waals surface area contributed by atoms with Crippen molar-refractivity contribution in [2.24, 2.45) is 0 Å². The first-order chi connectivity index (χ1) is 7.36. The predicted octanol–water partition coefficient (Wildman–Crippen LogP) is 4.48. The van der Waals surface area contributed by atoms with Crippen LogP contribution in [0.15, 0.2) is 34.8 Å². The predicted molar refractivity (Wildman–Crippen MR) is 68.3 cm³/mol. The second-order valence-electron chi connectivity index (χ2n) is 4.24. The fourth-order valence-electron chi connectivity index (χ4n) is 2.59. The highest BCUT2D eigenvalue weighted by Gasteiger charge is 2.14. The maximum atomic E-state index is 3.70. The molecule has 1 aliphatic rings. The van der Waals surface area contributed by atoms with Crippen molar-refractivity contribution >= 4 is 26.7 Å². The third kappa shape index (κ3) is 1.50. The van der Waals surface area contributed by atoms with Gasteiger partial charge in [0.15, 0.2) is 0 Å². The molecule has 0 aliphatic heterocycles. The standard InChI is InChI=1S/C14H13Br/c15-14-9-10-5-1-2-6-11(10)12-7-3-4-8-13(12)14/h1-2,5-6,9H,3-4,7-8H2. The van der Waals surface area contributed by atoms with E-state index >= 15 is 0 Å². The number of fused-ring (bicyclic) bond motifs is 3. The van der Waals surface area contributed by atoms with Gasteiger partial charge in [0.2, 0.25) is 0 Å². The van der Waals surface area contributed by atoms with E-state index in [0.717, 1.165) is 0 Å². The number of benzene rings is 2. The molecule has 2 aromatic carbocycles. The monoisotopic (exact) mass is 260 g/mol. The van der Waals surface area contributed by atoms with E-state index in [0.29, 0.717) is 0 Å². The molecule has 0 saturated heterocycles. The molecule has 0 nitrogen and oxygen atoms in total. The molecule has 0 heterocycles. The zero-order valence-electron chi connectivity index (χ0n) is 8.59. The maximum absolute atomic E-state index is 3.70. The lowest BCUT2D eigenvalue weighted by Gasteiger charge is -2.19. The van der Waals surface area contributed by atoms with Gasteiger partial charge < -0.3 is 0 Å². The molecule has 0 spiro atoms. The Balaban J connectivity index is 2.39. The van der Waals surface area contributed by atoms with E-state index in [4.69, 9.17) is 0 Å².